The van der Waals surface area contributed by atoms with Crippen LogP contribution in [0.25, 0.3) is 0 Å². The van der Waals surface area contributed by atoms with Gasteiger partial charge in [0.25, 0.3) is 0 Å². The molecule has 0 fully saturated rings. The van der Waals surface area contributed by atoms with Crippen LogP contribution in [0.2, 0.25) is 0 Å². The highest BCUT2D eigenvalue weighted by molar-refractivity contribution is 8.45. The number of aryl methyl sites for hydroxylation is 1. The molecule has 1 aromatic carbocycles. The molecule has 0 radical (unpaired) electrons. The fourth-order valence-corrected chi connectivity index (χ4v) is 1.94. The summed E-state index contributed by atoms with van der Waals surface area (Å²) in [7, 11) is -9.49. The molecule has 0 amide bonds. The SMILES string of the molecule is CCCCc1ccc(S(F)(F)(F)(F)F)cc1. The molecule has 0 unspecified atom stereocenters. The van der Waals surface area contributed by atoms with Crippen molar-refractivity contribution in [2.45, 2.75) is 31.1 Å². The molecule has 6 heteroatoms. The average molecular weight is 260 g/mol. The van der Waals surface area contributed by atoms with Crippen LogP contribution in [0.3, 0.4) is 0 Å². The summed E-state index contributed by atoms with van der Waals surface area (Å²) < 4.78 is 61.7. The van der Waals surface area contributed by atoms with Crippen molar-refractivity contribution in [3.8, 4) is 0 Å². The summed E-state index contributed by atoms with van der Waals surface area (Å²) in [6, 6.07) is 3.16. The molecule has 0 aliphatic rings. The number of hydrogen-bond acceptors (Lipinski definition) is 0. The topological polar surface area (TPSA) is 0 Å². The van der Waals surface area contributed by atoms with E-state index in [0.29, 0.717) is 24.1 Å². The zero-order chi connectivity index (χ0) is 12.5. The van der Waals surface area contributed by atoms with Gasteiger partial charge < -0.3 is 0 Å². The smallest absolute Gasteiger partial charge is 0.0936 e. The predicted octanol–water partition coefficient (Wildman–Crippen LogP) is 5.69. The first kappa shape index (κ1) is 13.3. The quantitative estimate of drug-likeness (QED) is 0.610. The van der Waals surface area contributed by atoms with Gasteiger partial charge in [0.2, 0.25) is 0 Å². The van der Waals surface area contributed by atoms with Crippen LogP contribution in [0.15, 0.2) is 29.2 Å². The second-order valence-electron chi connectivity index (χ2n) is 3.72. The Labute approximate surface area is 91.2 Å². The predicted molar refractivity (Wildman–Crippen MR) is 56.5 cm³/mol. The summed E-state index contributed by atoms with van der Waals surface area (Å²) in [5, 5.41) is 0. The number of benzene rings is 1. The van der Waals surface area contributed by atoms with E-state index in [4.69, 9.17) is 0 Å². The largest absolute Gasteiger partial charge is 0.310 e. The second kappa shape index (κ2) is 3.35. The summed E-state index contributed by atoms with van der Waals surface area (Å²) >= 11 is 0. The van der Waals surface area contributed by atoms with Crippen molar-refractivity contribution in [1.29, 1.82) is 0 Å². The lowest BCUT2D eigenvalue weighted by Gasteiger charge is -2.40. The summed E-state index contributed by atoms with van der Waals surface area (Å²) in [5.74, 6) is 0. The fraction of sp³-hybridized carbons (Fsp3) is 0.400. The summed E-state index contributed by atoms with van der Waals surface area (Å²) in [4.78, 5) is -1.82. The van der Waals surface area contributed by atoms with Crippen molar-refractivity contribution in [2.75, 3.05) is 0 Å². The lowest BCUT2D eigenvalue weighted by Crippen LogP contribution is -2.05. The molecule has 0 spiro atoms. The van der Waals surface area contributed by atoms with Crippen LogP contribution in [-0.2, 0) is 6.42 Å². The van der Waals surface area contributed by atoms with Crippen molar-refractivity contribution in [3.05, 3.63) is 29.8 Å². The maximum atomic E-state index is 12.3. The zero-order valence-electron chi connectivity index (χ0n) is 8.73. The van der Waals surface area contributed by atoms with Gasteiger partial charge in [-0.2, -0.15) is 0 Å². The molecule has 94 valence electrons. The van der Waals surface area contributed by atoms with Crippen LogP contribution < -0.4 is 0 Å². The van der Waals surface area contributed by atoms with Gasteiger partial charge in [-0.05, 0) is 30.5 Å². The molecule has 0 atom stereocenters. The van der Waals surface area contributed by atoms with Crippen molar-refractivity contribution in [2.24, 2.45) is 0 Å². The van der Waals surface area contributed by atoms with E-state index >= 15 is 0 Å². The van der Waals surface area contributed by atoms with E-state index in [2.05, 4.69) is 0 Å². The fourth-order valence-electron chi connectivity index (χ4n) is 1.29. The zero-order valence-corrected chi connectivity index (χ0v) is 9.55. The summed E-state index contributed by atoms with van der Waals surface area (Å²) in [5.41, 5.74) is 0.646. The monoisotopic (exact) mass is 260 g/mol. The molecule has 0 saturated carbocycles. The Morgan fingerprint density at radius 1 is 0.938 bits per heavy atom. The third kappa shape index (κ3) is 3.66. The molecule has 0 aliphatic carbocycles. The van der Waals surface area contributed by atoms with E-state index in [1.807, 2.05) is 6.92 Å². The second-order valence-corrected chi connectivity index (χ2v) is 6.13. The minimum Gasteiger partial charge on any atom is -0.0936 e. The molecule has 16 heavy (non-hydrogen) atoms. The highest BCUT2D eigenvalue weighted by atomic mass is 32.5. The summed E-state index contributed by atoms with van der Waals surface area (Å²) in [6.07, 6.45) is 2.34. The Hall–Kier alpha value is -0.780. The Morgan fingerprint density at radius 2 is 1.44 bits per heavy atom. The molecule has 0 nitrogen and oxygen atoms in total. The molecular weight excluding hydrogens is 247 g/mol. The van der Waals surface area contributed by atoms with E-state index in [1.54, 1.807) is 0 Å². The normalized spacial score (nSPS) is 16.6. The van der Waals surface area contributed by atoms with Gasteiger partial charge >= 0.3 is 10.2 Å². The van der Waals surface area contributed by atoms with E-state index in [1.165, 1.54) is 0 Å². The molecule has 1 aromatic rings. The van der Waals surface area contributed by atoms with Gasteiger partial charge in [-0.15, -0.1) is 0 Å². The third-order valence-electron chi connectivity index (χ3n) is 2.19. The highest BCUT2D eigenvalue weighted by Crippen LogP contribution is 3.02. The molecule has 0 bridgehead atoms. The van der Waals surface area contributed by atoms with Gasteiger partial charge in [-0.3, -0.25) is 0 Å². The average Bonchev–Trinajstić information content (AvgIpc) is 2.12. The molecule has 0 heterocycles. The van der Waals surface area contributed by atoms with Gasteiger partial charge in [0.05, 0.1) is 0 Å². The standard InChI is InChI=1S/C10H13F5S/c1-2-3-4-9-5-7-10(8-6-9)16(11,12,13,14)15/h5-8H,2-4H2,1H3. The Bertz CT molecular complexity index is 363. The first-order valence-electron chi connectivity index (χ1n) is 4.86. The van der Waals surface area contributed by atoms with Gasteiger partial charge in [0, 0.05) is 0 Å². The van der Waals surface area contributed by atoms with E-state index in [0.717, 1.165) is 25.0 Å². The van der Waals surface area contributed by atoms with Gasteiger partial charge in [-0.1, -0.05) is 44.9 Å². The number of rotatable bonds is 4. The van der Waals surface area contributed by atoms with Gasteiger partial charge in [-0.25, -0.2) is 0 Å². The van der Waals surface area contributed by atoms with Crippen LogP contribution in [0.5, 0.6) is 0 Å². The van der Waals surface area contributed by atoms with Gasteiger partial charge in [0.15, 0.2) is 0 Å². The molecule has 0 saturated heterocycles. The van der Waals surface area contributed by atoms with Crippen LogP contribution in [-0.4, -0.2) is 0 Å². The van der Waals surface area contributed by atoms with E-state index in [9.17, 15) is 19.4 Å². The maximum Gasteiger partial charge on any atom is 0.310 e. The van der Waals surface area contributed by atoms with Crippen LogP contribution in [0, 0.1) is 0 Å². The van der Waals surface area contributed by atoms with E-state index in [-0.39, 0.29) is 0 Å². The van der Waals surface area contributed by atoms with Crippen molar-refractivity contribution in [1.82, 2.24) is 0 Å². The third-order valence-corrected chi connectivity index (χ3v) is 3.35. The molecule has 0 aliphatic heterocycles. The number of unbranched alkanes of at least 4 members (excludes halogenated alkanes) is 1. The van der Waals surface area contributed by atoms with Crippen molar-refractivity contribution in [3.63, 3.8) is 0 Å². The minimum atomic E-state index is -9.49. The lowest BCUT2D eigenvalue weighted by molar-refractivity contribution is 0.364. The van der Waals surface area contributed by atoms with E-state index < -0.39 is 15.1 Å². The van der Waals surface area contributed by atoms with Crippen LogP contribution in [0.1, 0.15) is 25.3 Å². The Kier molecular flexibility index (Phi) is 2.79. The van der Waals surface area contributed by atoms with Crippen LogP contribution in [0.4, 0.5) is 19.4 Å². The molecule has 0 aromatic heterocycles. The summed E-state index contributed by atoms with van der Waals surface area (Å²) in [6.45, 7) is 1.95. The molecule has 1 rings (SSSR count). The first-order valence-corrected chi connectivity index (χ1v) is 6.81. The lowest BCUT2D eigenvalue weighted by atomic mass is 10.1. The van der Waals surface area contributed by atoms with Crippen LogP contribution >= 0.6 is 10.2 Å². The van der Waals surface area contributed by atoms with Crippen molar-refractivity contribution >= 4 is 10.2 Å². The maximum absolute atomic E-state index is 12.3. The first-order chi connectivity index (χ1) is 7.03. The Balaban J connectivity index is 2.97. The molecule has 0 N–H and O–H groups in total. The highest BCUT2D eigenvalue weighted by Gasteiger charge is 2.65. The molecular formula is C10H13F5S. The minimum absolute atomic E-state index is 0.465. The van der Waals surface area contributed by atoms with Crippen molar-refractivity contribution < 1.29 is 19.4 Å². The number of hydrogen-bond donors (Lipinski definition) is 0. The Morgan fingerprint density at radius 3 is 1.81 bits per heavy atom. The number of halogens is 5. The van der Waals surface area contributed by atoms with Gasteiger partial charge in [0.1, 0.15) is 4.90 Å².